The summed E-state index contributed by atoms with van der Waals surface area (Å²) in [6.45, 7) is 2.72. The summed E-state index contributed by atoms with van der Waals surface area (Å²) in [5, 5.41) is 0. The van der Waals surface area contributed by atoms with Crippen LogP contribution in [-0.2, 0) is 14.8 Å². The number of aromatic nitrogens is 2. The predicted molar refractivity (Wildman–Crippen MR) is 72.8 cm³/mol. The SMILES string of the molecule is CC1OCCCN1S(=O)(=O)c1ccc2[nH]c(=O)[nH]c2c1. The first kappa shape index (κ1) is 13.3. The molecule has 1 aromatic heterocycles. The van der Waals surface area contributed by atoms with Gasteiger partial charge in [-0.2, -0.15) is 4.31 Å². The second-order valence-electron chi connectivity index (χ2n) is 4.73. The lowest BCUT2D eigenvalue weighted by Crippen LogP contribution is -2.44. The second-order valence-corrected chi connectivity index (χ2v) is 6.62. The molecule has 1 aromatic carbocycles. The highest BCUT2D eigenvalue weighted by Gasteiger charge is 2.31. The number of ether oxygens (including phenoxy) is 1. The van der Waals surface area contributed by atoms with Crippen LogP contribution in [0.4, 0.5) is 0 Å². The molecule has 20 heavy (non-hydrogen) atoms. The average Bonchev–Trinajstić information content (AvgIpc) is 2.78. The van der Waals surface area contributed by atoms with Crippen LogP contribution < -0.4 is 5.69 Å². The maximum Gasteiger partial charge on any atom is 0.323 e. The topological polar surface area (TPSA) is 95.3 Å². The van der Waals surface area contributed by atoms with Crippen molar-refractivity contribution in [2.75, 3.05) is 13.2 Å². The molecular weight excluding hydrogens is 282 g/mol. The summed E-state index contributed by atoms with van der Waals surface area (Å²) < 4.78 is 31.9. The summed E-state index contributed by atoms with van der Waals surface area (Å²) in [5.41, 5.74) is 0.697. The van der Waals surface area contributed by atoms with Crippen LogP contribution in [0.2, 0.25) is 0 Å². The zero-order valence-electron chi connectivity index (χ0n) is 10.9. The molecule has 0 bridgehead atoms. The summed E-state index contributed by atoms with van der Waals surface area (Å²) >= 11 is 0. The lowest BCUT2D eigenvalue weighted by Gasteiger charge is -2.32. The molecule has 1 aliphatic rings. The Labute approximate surface area is 115 Å². The third-order valence-electron chi connectivity index (χ3n) is 3.38. The van der Waals surface area contributed by atoms with Gasteiger partial charge in [0.15, 0.2) is 0 Å². The minimum atomic E-state index is -3.62. The largest absolute Gasteiger partial charge is 0.362 e. The van der Waals surface area contributed by atoms with Crippen molar-refractivity contribution in [1.82, 2.24) is 14.3 Å². The summed E-state index contributed by atoms with van der Waals surface area (Å²) in [6.07, 6.45) is 0.196. The molecule has 7 nitrogen and oxygen atoms in total. The van der Waals surface area contributed by atoms with E-state index in [1.807, 2.05) is 0 Å². The van der Waals surface area contributed by atoms with Crippen molar-refractivity contribution in [3.8, 4) is 0 Å². The molecule has 0 amide bonds. The molecule has 0 spiro atoms. The van der Waals surface area contributed by atoms with E-state index in [2.05, 4.69) is 9.97 Å². The Hall–Kier alpha value is -1.64. The van der Waals surface area contributed by atoms with E-state index in [1.165, 1.54) is 16.4 Å². The van der Waals surface area contributed by atoms with Gasteiger partial charge in [-0.1, -0.05) is 0 Å². The molecular formula is C12H15N3O4S. The Morgan fingerprint density at radius 2 is 2.05 bits per heavy atom. The van der Waals surface area contributed by atoms with Gasteiger partial charge < -0.3 is 14.7 Å². The highest BCUT2D eigenvalue weighted by Crippen LogP contribution is 2.23. The average molecular weight is 297 g/mol. The minimum absolute atomic E-state index is 0.151. The van der Waals surface area contributed by atoms with E-state index < -0.39 is 16.3 Å². The number of aromatic amines is 2. The van der Waals surface area contributed by atoms with Gasteiger partial charge in [0.05, 0.1) is 15.9 Å². The Balaban J connectivity index is 2.05. The zero-order chi connectivity index (χ0) is 14.3. The maximum absolute atomic E-state index is 12.6. The Morgan fingerprint density at radius 1 is 1.30 bits per heavy atom. The number of nitrogens with one attached hydrogen (secondary N) is 2. The number of hydrogen-bond acceptors (Lipinski definition) is 4. The number of fused-ring (bicyclic) bond motifs is 1. The van der Waals surface area contributed by atoms with Crippen molar-refractivity contribution >= 4 is 21.1 Å². The highest BCUT2D eigenvalue weighted by molar-refractivity contribution is 7.89. The van der Waals surface area contributed by atoms with Gasteiger partial charge in [-0.3, -0.25) is 0 Å². The van der Waals surface area contributed by atoms with Gasteiger partial charge in [-0.25, -0.2) is 13.2 Å². The van der Waals surface area contributed by atoms with Crippen LogP contribution >= 0.6 is 0 Å². The molecule has 8 heteroatoms. The maximum atomic E-state index is 12.6. The molecule has 1 saturated heterocycles. The smallest absolute Gasteiger partial charge is 0.323 e. The van der Waals surface area contributed by atoms with Gasteiger partial charge in [-0.05, 0) is 31.5 Å². The van der Waals surface area contributed by atoms with Crippen LogP contribution in [0.15, 0.2) is 27.9 Å². The Bertz CT molecular complexity index is 792. The summed E-state index contributed by atoms with van der Waals surface area (Å²) in [6, 6.07) is 4.53. The molecule has 2 heterocycles. The molecule has 1 fully saturated rings. The second kappa shape index (κ2) is 4.72. The number of nitrogens with zero attached hydrogens (tertiary/aromatic N) is 1. The fourth-order valence-electron chi connectivity index (χ4n) is 2.36. The van der Waals surface area contributed by atoms with Gasteiger partial charge in [0.2, 0.25) is 10.0 Å². The first-order valence-electron chi connectivity index (χ1n) is 6.34. The molecule has 1 unspecified atom stereocenters. The summed E-state index contributed by atoms with van der Waals surface area (Å²) in [4.78, 5) is 16.5. The number of rotatable bonds is 2. The van der Waals surface area contributed by atoms with E-state index in [-0.39, 0.29) is 10.6 Å². The van der Waals surface area contributed by atoms with E-state index in [9.17, 15) is 13.2 Å². The van der Waals surface area contributed by atoms with Gasteiger partial charge in [0.25, 0.3) is 0 Å². The lowest BCUT2D eigenvalue weighted by molar-refractivity contribution is -0.0410. The normalized spacial score (nSPS) is 21.4. The molecule has 1 atom stereocenters. The quantitative estimate of drug-likeness (QED) is 0.849. The molecule has 2 N–H and O–H groups in total. The van der Waals surface area contributed by atoms with E-state index >= 15 is 0 Å². The van der Waals surface area contributed by atoms with Crippen LogP contribution in [0.5, 0.6) is 0 Å². The summed E-state index contributed by atoms with van der Waals surface area (Å²) in [5.74, 6) is 0. The van der Waals surface area contributed by atoms with Crippen molar-refractivity contribution < 1.29 is 13.2 Å². The fraction of sp³-hybridized carbons (Fsp3) is 0.417. The monoisotopic (exact) mass is 297 g/mol. The zero-order valence-corrected chi connectivity index (χ0v) is 11.7. The third-order valence-corrected chi connectivity index (χ3v) is 5.33. The van der Waals surface area contributed by atoms with E-state index in [0.29, 0.717) is 30.6 Å². The third kappa shape index (κ3) is 2.15. The standard InChI is InChI=1S/C12H15N3O4S/c1-8-15(5-2-6-19-8)20(17,18)9-3-4-10-11(7-9)14-12(16)13-10/h3-4,7-8H,2,5-6H2,1H3,(H2,13,14,16). The number of sulfonamides is 1. The van der Waals surface area contributed by atoms with E-state index in [1.54, 1.807) is 13.0 Å². The van der Waals surface area contributed by atoms with Gasteiger partial charge >= 0.3 is 5.69 Å². The van der Waals surface area contributed by atoms with Gasteiger partial charge in [0.1, 0.15) is 6.23 Å². The van der Waals surface area contributed by atoms with E-state index in [0.717, 1.165) is 0 Å². The first-order chi connectivity index (χ1) is 9.48. The number of benzene rings is 1. The molecule has 108 valence electrons. The number of H-pyrrole nitrogens is 2. The molecule has 0 aliphatic carbocycles. The molecule has 0 saturated carbocycles. The number of hydrogen-bond donors (Lipinski definition) is 2. The first-order valence-corrected chi connectivity index (χ1v) is 7.78. The minimum Gasteiger partial charge on any atom is -0.362 e. The Kier molecular flexibility index (Phi) is 3.15. The van der Waals surface area contributed by atoms with Crippen LogP contribution in [-0.4, -0.2) is 42.1 Å². The van der Waals surface area contributed by atoms with E-state index in [4.69, 9.17) is 4.74 Å². The van der Waals surface area contributed by atoms with Crippen molar-refractivity contribution in [3.05, 3.63) is 28.7 Å². The van der Waals surface area contributed by atoms with Gasteiger partial charge in [0, 0.05) is 13.2 Å². The number of imidazole rings is 1. The molecule has 0 radical (unpaired) electrons. The van der Waals surface area contributed by atoms with Crippen LogP contribution in [0.25, 0.3) is 11.0 Å². The van der Waals surface area contributed by atoms with Crippen LogP contribution in [0.3, 0.4) is 0 Å². The van der Waals surface area contributed by atoms with Crippen LogP contribution in [0, 0.1) is 0 Å². The van der Waals surface area contributed by atoms with Gasteiger partial charge in [-0.15, -0.1) is 0 Å². The lowest BCUT2D eigenvalue weighted by atomic mass is 10.3. The summed E-state index contributed by atoms with van der Waals surface area (Å²) in [7, 11) is -3.62. The Morgan fingerprint density at radius 3 is 2.80 bits per heavy atom. The van der Waals surface area contributed by atoms with Crippen molar-refractivity contribution in [1.29, 1.82) is 0 Å². The van der Waals surface area contributed by atoms with Crippen molar-refractivity contribution in [2.45, 2.75) is 24.5 Å². The van der Waals surface area contributed by atoms with Crippen molar-refractivity contribution in [3.63, 3.8) is 0 Å². The molecule has 1 aliphatic heterocycles. The van der Waals surface area contributed by atoms with Crippen molar-refractivity contribution in [2.24, 2.45) is 0 Å². The highest BCUT2D eigenvalue weighted by atomic mass is 32.2. The molecule has 2 aromatic rings. The fourth-order valence-corrected chi connectivity index (χ4v) is 3.96. The predicted octanol–water partition coefficient (Wildman–Crippen LogP) is 0.613. The molecule has 3 rings (SSSR count). The van der Waals surface area contributed by atoms with Crippen LogP contribution in [0.1, 0.15) is 13.3 Å².